The number of hydrogen-bond donors (Lipinski definition) is 2. The van der Waals surface area contributed by atoms with Crippen LogP contribution in [-0.4, -0.2) is 32.4 Å². The SMILES string of the molecule is CC(C)(C)C(O)CC(O)C(C)(C)C.CC(C)c1c[c-]c(-c2ncc(-c3ccccc3)nc2-c2ccc(C(C)C)cc2)cc1.[Ir]. The van der Waals surface area contributed by atoms with E-state index in [-0.39, 0.29) is 30.9 Å². The van der Waals surface area contributed by atoms with Crippen molar-refractivity contribution >= 4 is 0 Å². The minimum Gasteiger partial charge on any atom is -0.392 e. The predicted molar refractivity (Wildman–Crippen MR) is 181 cm³/mol. The molecular formula is C39H51IrN2O2-. The Bertz CT molecular complexity index is 1400. The number of hydrogen-bond acceptors (Lipinski definition) is 4. The van der Waals surface area contributed by atoms with Crippen LogP contribution in [-0.2, 0) is 20.1 Å². The van der Waals surface area contributed by atoms with Crippen LogP contribution in [0.4, 0.5) is 0 Å². The van der Waals surface area contributed by atoms with E-state index in [1.54, 1.807) is 0 Å². The van der Waals surface area contributed by atoms with Gasteiger partial charge in [0.2, 0.25) is 0 Å². The second-order valence-electron chi connectivity index (χ2n) is 14.3. The van der Waals surface area contributed by atoms with Gasteiger partial charge in [-0.05, 0) is 27.9 Å². The maximum atomic E-state index is 9.76. The molecule has 2 atom stereocenters. The van der Waals surface area contributed by atoms with Gasteiger partial charge in [-0.1, -0.05) is 130 Å². The molecule has 0 spiro atoms. The van der Waals surface area contributed by atoms with Crippen LogP contribution in [0.15, 0.2) is 79.0 Å². The third-order valence-corrected chi connectivity index (χ3v) is 7.90. The third-order valence-electron chi connectivity index (χ3n) is 7.90. The number of rotatable bonds is 7. The fourth-order valence-corrected chi connectivity index (χ4v) is 4.42. The molecule has 0 aliphatic rings. The zero-order valence-electron chi connectivity index (χ0n) is 28.1. The third kappa shape index (κ3) is 10.4. The van der Waals surface area contributed by atoms with Crippen molar-refractivity contribution in [3.05, 3.63) is 96.2 Å². The summed E-state index contributed by atoms with van der Waals surface area (Å²) in [4.78, 5) is 9.88. The van der Waals surface area contributed by atoms with Crippen molar-refractivity contribution in [1.82, 2.24) is 9.97 Å². The Kier molecular flexibility index (Phi) is 13.7. The van der Waals surface area contributed by atoms with Gasteiger partial charge in [0.15, 0.2) is 0 Å². The van der Waals surface area contributed by atoms with Crippen LogP contribution in [0.3, 0.4) is 0 Å². The molecule has 44 heavy (non-hydrogen) atoms. The van der Waals surface area contributed by atoms with Gasteiger partial charge < -0.3 is 15.2 Å². The van der Waals surface area contributed by atoms with Crippen molar-refractivity contribution < 1.29 is 30.3 Å². The second kappa shape index (κ2) is 16.0. The zero-order valence-corrected chi connectivity index (χ0v) is 30.5. The van der Waals surface area contributed by atoms with Gasteiger partial charge in [-0.3, -0.25) is 4.98 Å². The van der Waals surface area contributed by atoms with Crippen molar-refractivity contribution in [3.63, 3.8) is 0 Å². The minimum atomic E-state index is -0.443. The van der Waals surface area contributed by atoms with Gasteiger partial charge in [0.25, 0.3) is 0 Å². The fourth-order valence-electron chi connectivity index (χ4n) is 4.42. The molecule has 2 unspecified atom stereocenters. The maximum absolute atomic E-state index is 9.76. The van der Waals surface area contributed by atoms with Gasteiger partial charge in [0.05, 0.1) is 23.6 Å². The van der Waals surface area contributed by atoms with Crippen LogP contribution < -0.4 is 0 Å². The maximum Gasteiger partial charge on any atom is 0.0873 e. The molecule has 5 heteroatoms. The summed E-state index contributed by atoms with van der Waals surface area (Å²) in [6.07, 6.45) is 1.43. The number of nitrogens with zero attached hydrogens (tertiary/aromatic N) is 2. The Labute approximate surface area is 279 Å². The Morgan fingerprint density at radius 2 is 1.18 bits per heavy atom. The first kappa shape index (κ1) is 37.5. The smallest absolute Gasteiger partial charge is 0.0873 e. The molecule has 0 saturated heterocycles. The van der Waals surface area contributed by atoms with E-state index in [1.165, 1.54) is 11.1 Å². The number of aliphatic hydroxyl groups excluding tert-OH is 2. The number of benzene rings is 3. The first-order chi connectivity index (χ1) is 20.1. The van der Waals surface area contributed by atoms with Crippen molar-refractivity contribution in [1.29, 1.82) is 0 Å². The Balaban J connectivity index is 0.000000412. The molecular weight excluding hydrogens is 721 g/mol. The van der Waals surface area contributed by atoms with Gasteiger partial charge in [-0.2, -0.15) is 0 Å². The molecule has 0 aliphatic heterocycles. The van der Waals surface area contributed by atoms with E-state index in [0.29, 0.717) is 18.3 Å². The van der Waals surface area contributed by atoms with E-state index < -0.39 is 12.2 Å². The van der Waals surface area contributed by atoms with Crippen molar-refractivity contribution in [2.24, 2.45) is 10.8 Å². The molecule has 0 bridgehead atoms. The molecule has 0 fully saturated rings. The second-order valence-corrected chi connectivity index (χ2v) is 14.3. The van der Waals surface area contributed by atoms with E-state index in [1.807, 2.05) is 65.9 Å². The van der Waals surface area contributed by atoms with E-state index in [0.717, 1.165) is 33.8 Å². The molecule has 1 heterocycles. The largest absolute Gasteiger partial charge is 0.392 e. The molecule has 3 aromatic carbocycles. The van der Waals surface area contributed by atoms with Crippen molar-refractivity contribution in [2.75, 3.05) is 0 Å². The molecule has 4 rings (SSSR count). The number of aromatic nitrogens is 2. The number of aliphatic hydroxyl groups is 2. The molecule has 4 aromatic rings. The van der Waals surface area contributed by atoms with Gasteiger partial charge in [0, 0.05) is 44.0 Å². The minimum absolute atomic E-state index is 0. The van der Waals surface area contributed by atoms with Gasteiger partial charge in [0.1, 0.15) is 0 Å². The van der Waals surface area contributed by atoms with Crippen molar-refractivity contribution in [3.8, 4) is 33.8 Å². The summed E-state index contributed by atoms with van der Waals surface area (Å²) in [5.74, 6) is 0.974. The summed E-state index contributed by atoms with van der Waals surface area (Å²) in [6, 6.07) is 28.7. The van der Waals surface area contributed by atoms with Crippen LogP contribution in [0.25, 0.3) is 33.8 Å². The topological polar surface area (TPSA) is 66.2 Å². The van der Waals surface area contributed by atoms with Crippen LogP contribution in [0.5, 0.6) is 0 Å². The summed E-state index contributed by atoms with van der Waals surface area (Å²) in [5, 5.41) is 19.5. The van der Waals surface area contributed by atoms with E-state index >= 15 is 0 Å². The molecule has 0 aliphatic carbocycles. The molecule has 4 nitrogen and oxygen atoms in total. The van der Waals surface area contributed by atoms with E-state index in [2.05, 4.69) is 88.4 Å². The first-order valence-corrected chi connectivity index (χ1v) is 15.5. The quantitative estimate of drug-likeness (QED) is 0.184. The zero-order chi connectivity index (χ0) is 31.9. The molecule has 1 aromatic heterocycles. The Morgan fingerprint density at radius 3 is 1.64 bits per heavy atom. The van der Waals surface area contributed by atoms with Crippen LogP contribution >= 0.6 is 0 Å². The average Bonchev–Trinajstić information content (AvgIpc) is 2.96. The standard InChI is InChI=1S/C28H27N2.C11H24O2.Ir/c1-19(2)21-10-14-24(15-11-21)27-28(25-16-12-22(13-17-25)20(3)4)30-26(18-29-27)23-8-6-5-7-9-23;1-10(2,3)8(12)7-9(13)11(4,5)6;/h5-14,16-20H,1-4H3;8-9,12-13H,7H2,1-6H3;/q-1;;. The van der Waals surface area contributed by atoms with Gasteiger partial charge in [-0.15, -0.1) is 35.4 Å². The van der Waals surface area contributed by atoms with Gasteiger partial charge >= 0.3 is 0 Å². The summed E-state index contributed by atoms with van der Waals surface area (Å²) in [5.41, 5.74) is 8.03. The van der Waals surface area contributed by atoms with Gasteiger partial charge in [-0.25, -0.2) is 0 Å². The Hall–Kier alpha value is -2.69. The molecule has 0 saturated carbocycles. The van der Waals surface area contributed by atoms with Crippen molar-refractivity contribution in [2.45, 2.75) is 99.7 Å². The Morgan fingerprint density at radius 1 is 0.659 bits per heavy atom. The van der Waals surface area contributed by atoms with Crippen LogP contribution in [0, 0.1) is 16.9 Å². The molecule has 1 radical (unpaired) electrons. The summed E-state index contributed by atoms with van der Waals surface area (Å²) >= 11 is 0. The normalized spacial score (nSPS) is 13.1. The predicted octanol–water partition coefficient (Wildman–Crippen LogP) is 9.71. The monoisotopic (exact) mass is 772 g/mol. The van der Waals surface area contributed by atoms with E-state index in [4.69, 9.17) is 9.97 Å². The summed E-state index contributed by atoms with van der Waals surface area (Å²) in [7, 11) is 0. The van der Waals surface area contributed by atoms with Crippen LogP contribution in [0.1, 0.15) is 98.6 Å². The van der Waals surface area contributed by atoms with E-state index in [9.17, 15) is 10.2 Å². The molecule has 239 valence electrons. The molecule has 0 amide bonds. The average molecular weight is 772 g/mol. The summed E-state index contributed by atoms with van der Waals surface area (Å²) in [6.45, 7) is 20.7. The van der Waals surface area contributed by atoms with Crippen LogP contribution in [0.2, 0.25) is 0 Å². The summed E-state index contributed by atoms with van der Waals surface area (Å²) < 4.78 is 0. The first-order valence-electron chi connectivity index (χ1n) is 15.5. The fraction of sp³-hybridized carbons (Fsp3) is 0.436. The molecule has 2 N–H and O–H groups in total.